The van der Waals surface area contributed by atoms with Crippen LogP contribution in [0.5, 0.6) is 0 Å². The van der Waals surface area contributed by atoms with Gasteiger partial charge in [-0.05, 0) is 31.2 Å². The van der Waals surface area contributed by atoms with E-state index in [2.05, 4.69) is 5.32 Å². The molecule has 1 atom stereocenters. The standard InChI is InChI=1S/C20H15F2NO3S2/c1-11-5-7-12(8-6-11)28(25,26)16-10-27-20-13(9-17(24)23-19(16)20)18-14(21)3-2-4-15(18)22/h2-8,10,13H,9H2,1H3,(H,23,24). The van der Waals surface area contributed by atoms with Gasteiger partial charge in [-0.2, -0.15) is 0 Å². The van der Waals surface area contributed by atoms with Crippen LogP contribution in [0.2, 0.25) is 0 Å². The molecule has 4 nitrogen and oxygen atoms in total. The van der Waals surface area contributed by atoms with Crippen molar-refractivity contribution in [2.45, 2.75) is 29.1 Å². The third kappa shape index (κ3) is 3.02. The molecule has 0 bridgehead atoms. The van der Waals surface area contributed by atoms with Crippen molar-refractivity contribution in [1.82, 2.24) is 0 Å². The topological polar surface area (TPSA) is 63.2 Å². The van der Waals surface area contributed by atoms with Crippen molar-refractivity contribution < 1.29 is 22.0 Å². The summed E-state index contributed by atoms with van der Waals surface area (Å²) >= 11 is 1.07. The molecule has 0 saturated carbocycles. The van der Waals surface area contributed by atoms with E-state index in [9.17, 15) is 22.0 Å². The van der Waals surface area contributed by atoms with Gasteiger partial charge in [0, 0.05) is 28.2 Å². The summed E-state index contributed by atoms with van der Waals surface area (Å²) in [5.41, 5.74) is 0.795. The van der Waals surface area contributed by atoms with Crippen LogP contribution in [-0.2, 0) is 14.6 Å². The Hall–Kier alpha value is -2.58. The number of fused-ring (bicyclic) bond motifs is 1. The van der Waals surface area contributed by atoms with Crippen LogP contribution in [0.4, 0.5) is 14.5 Å². The van der Waals surface area contributed by atoms with Gasteiger partial charge in [0.2, 0.25) is 15.7 Å². The molecule has 8 heteroatoms. The minimum absolute atomic E-state index is 0.0637. The van der Waals surface area contributed by atoms with Crippen molar-refractivity contribution >= 4 is 32.8 Å². The maximum absolute atomic E-state index is 14.3. The number of halogens is 2. The normalized spacial score (nSPS) is 16.5. The second-order valence-electron chi connectivity index (χ2n) is 6.60. The summed E-state index contributed by atoms with van der Waals surface area (Å²) in [6, 6.07) is 9.86. The van der Waals surface area contributed by atoms with Gasteiger partial charge in [-0.1, -0.05) is 23.8 Å². The van der Waals surface area contributed by atoms with E-state index in [1.54, 1.807) is 12.1 Å². The highest BCUT2D eigenvalue weighted by atomic mass is 32.2. The van der Waals surface area contributed by atoms with Crippen LogP contribution < -0.4 is 5.32 Å². The molecule has 3 aromatic rings. The molecule has 0 spiro atoms. The number of hydrogen-bond donors (Lipinski definition) is 1. The number of aryl methyl sites for hydroxylation is 1. The Labute approximate surface area is 164 Å². The van der Waals surface area contributed by atoms with Gasteiger partial charge in [-0.15, -0.1) is 11.3 Å². The number of carbonyl (C=O) groups is 1. The summed E-state index contributed by atoms with van der Waals surface area (Å²) < 4.78 is 54.8. The first-order valence-corrected chi connectivity index (χ1v) is 10.8. The summed E-state index contributed by atoms with van der Waals surface area (Å²) in [5, 5.41) is 4.00. The monoisotopic (exact) mass is 419 g/mol. The number of amides is 1. The first-order valence-electron chi connectivity index (χ1n) is 8.46. The number of sulfone groups is 1. The van der Waals surface area contributed by atoms with Crippen LogP contribution in [0.1, 0.15) is 28.3 Å². The Kier molecular flexibility index (Phi) is 4.55. The molecule has 0 radical (unpaired) electrons. The summed E-state index contributed by atoms with van der Waals surface area (Å²) in [6.07, 6.45) is -0.157. The lowest BCUT2D eigenvalue weighted by Crippen LogP contribution is -2.24. The van der Waals surface area contributed by atoms with Gasteiger partial charge in [0.1, 0.15) is 16.5 Å². The first-order chi connectivity index (χ1) is 13.3. The van der Waals surface area contributed by atoms with E-state index in [4.69, 9.17) is 0 Å². The third-order valence-corrected chi connectivity index (χ3v) is 7.76. The van der Waals surface area contributed by atoms with Crippen molar-refractivity contribution in [2.75, 3.05) is 5.32 Å². The van der Waals surface area contributed by atoms with Gasteiger partial charge >= 0.3 is 0 Å². The molecular formula is C20H15F2NO3S2. The average Bonchev–Trinajstić information content (AvgIpc) is 3.06. The molecular weight excluding hydrogens is 404 g/mol. The second kappa shape index (κ2) is 6.79. The summed E-state index contributed by atoms with van der Waals surface area (Å²) in [5.74, 6) is -2.89. The number of anilines is 1. The molecule has 1 N–H and O–H groups in total. The van der Waals surface area contributed by atoms with Gasteiger partial charge in [0.05, 0.1) is 10.6 Å². The fraction of sp³-hybridized carbons (Fsp3) is 0.150. The Morgan fingerprint density at radius 1 is 1.07 bits per heavy atom. The molecule has 2 aromatic carbocycles. The van der Waals surface area contributed by atoms with Crippen LogP contribution in [0.25, 0.3) is 0 Å². The van der Waals surface area contributed by atoms with E-state index < -0.39 is 33.3 Å². The van der Waals surface area contributed by atoms with Gasteiger partial charge in [-0.3, -0.25) is 4.79 Å². The van der Waals surface area contributed by atoms with E-state index in [-0.39, 0.29) is 27.5 Å². The molecule has 4 rings (SSSR count). The molecule has 2 heterocycles. The number of carbonyl (C=O) groups excluding carboxylic acids is 1. The van der Waals surface area contributed by atoms with Gasteiger partial charge in [0.25, 0.3) is 0 Å². The Balaban J connectivity index is 1.87. The molecule has 1 amide bonds. The van der Waals surface area contributed by atoms with Crippen molar-refractivity contribution in [1.29, 1.82) is 0 Å². The fourth-order valence-corrected chi connectivity index (χ4v) is 6.21. The predicted octanol–water partition coefficient (Wildman–Crippen LogP) is 4.64. The first kappa shape index (κ1) is 18.8. The lowest BCUT2D eigenvalue weighted by molar-refractivity contribution is -0.116. The number of nitrogens with one attached hydrogen (secondary N) is 1. The van der Waals surface area contributed by atoms with Crippen LogP contribution >= 0.6 is 11.3 Å². The zero-order valence-corrected chi connectivity index (χ0v) is 16.3. The van der Waals surface area contributed by atoms with E-state index >= 15 is 0 Å². The molecule has 0 aliphatic carbocycles. The van der Waals surface area contributed by atoms with Crippen LogP contribution in [0.3, 0.4) is 0 Å². The molecule has 0 fully saturated rings. The zero-order chi connectivity index (χ0) is 20.1. The SMILES string of the molecule is Cc1ccc(S(=O)(=O)c2csc3c2NC(=O)CC3c2c(F)cccc2F)cc1. The minimum Gasteiger partial charge on any atom is -0.324 e. The summed E-state index contributed by atoms with van der Waals surface area (Å²) in [7, 11) is -3.89. The van der Waals surface area contributed by atoms with Crippen molar-refractivity contribution in [3.63, 3.8) is 0 Å². The van der Waals surface area contributed by atoms with Gasteiger partial charge < -0.3 is 5.32 Å². The zero-order valence-electron chi connectivity index (χ0n) is 14.7. The third-order valence-electron chi connectivity index (χ3n) is 4.73. The molecule has 1 aromatic heterocycles. The van der Waals surface area contributed by atoms with E-state index in [0.29, 0.717) is 4.88 Å². The Bertz CT molecular complexity index is 1160. The highest BCUT2D eigenvalue weighted by Gasteiger charge is 2.36. The van der Waals surface area contributed by atoms with Crippen LogP contribution in [-0.4, -0.2) is 14.3 Å². The maximum atomic E-state index is 14.3. The lowest BCUT2D eigenvalue weighted by Gasteiger charge is -2.24. The fourth-order valence-electron chi connectivity index (χ4n) is 3.32. The molecule has 28 heavy (non-hydrogen) atoms. The number of benzene rings is 2. The minimum atomic E-state index is -3.89. The molecule has 144 valence electrons. The van der Waals surface area contributed by atoms with Crippen molar-refractivity contribution in [3.05, 3.63) is 75.5 Å². The van der Waals surface area contributed by atoms with E-state index in [1.165, 1.54) is 23.6 Å². The lowest BCUT2D eigenvalue weighted by atomic mass is 9.90. The molecule has 1 aliphatic rings. The highest BCUT2D eigenvalue weighted by molar-refractivity contribution is 7.91. The molecule has 1 aliphatic heterocycles. The van der Waals surface area contributed by atoms with Gasteiger partial charge in [-0.25, -0.2) is 17.2 Å². The Morgan fingerprint density at radius 2 is 1.71 bits per heavy atom. The van der Waals surface area contributed by atoms with Gasteiger partial charge in [0.15, 0.2) is 0 Å². The maximum Gasteiger partial charge on any atom is 0.225 e. The van der Waals surface area contributed by atoms with E-state index in [1.807, 2.05) is 6.92 Å². The number of hydrogen-bond acceptors (Lipinski definition) is 4. The number of rotatable bonds is 3. The second-order valence-corrected chi connectivity index (χ2v) is 9.43. The summed E-state index contributed by atoms with van der Waals surface area (Å²) in [4.78, 5) is 12.7. The molecule has 0 saturated heterocycles. The van der Waals surface area contributed by atoms with E-state index in [0.717, 1.165) is 29.0 Å². The largest absolute Gasteiger partial charge is 0.324 e. The highest BCUT2D eigenvalue weighted by Crippen LogP contribution is 2.46. The average molecular weight is 419 g/mol. The number of thiophene rings is 1. The van der Waals surface area contributed by atoms with Crippen LogP contribution in [0, 0.1) is 18.6 Å². The van der Waals surface area contributed by atoms with Crippen molar-refractivity contribution in [3.8, 4) is 0 Å². The predicted molar refractivity (Wildman–Crippen MR) is 102 cm³/mol. The summed E-state index contributed by atoms with van der Waals surface area (Å²) in [6.45, 7) is 1.84. The molecule has 1 unspecified atom stereocenters. The van der Waals surface area contributed by atoms with Crippen molar-refractivity contribution in [2.24, 2.45) is 0 Å². The Morgan fingerprint density at radius 3 is 2.36 bits per heavy atom. The smallest absolute Gasteiger partial charge is 0.225 e. The quantitative estimate of drug-likeness (QED) is 0.673. The van der Waals surface area contributed by atoms with Crippen LogP contribution in [0.15, 0.2) is 57.6 Å².